The van der Waals surface area contributed by atoms with Crippen LogP contribution in [-0.2, 0) is 0 Å². The van der Waals surface area contributed by atoms with Crippen molar-refractivity contribution in [1.82, 2.24) is 5.32 Å². The van der Waals surface area contributed by atoms with Crippen LogP contribution in [0.25, 0.3) is 0 Å². The standard InChI is InChI=1S/C16H33N/c1-13(2,3)9-14(4,5)10-15(6,7)11-16(8)12-17-16/h17H,9-12H2,1-8H3. The van der Waals surface area contributed by atoms with E-state index in [0.717, 1.165) is 0 Å². The van der Waals surface area contributed by atoms with Gasteiger partial charge in [0.25, 0.3) is 0 Å². The molecule has 1 N–H and O–H groups in total. The zero-order valence-electron chi connectivity index (χ0n) is 13.3. The summed E-state index contributed by atoms with van der Waals surface area (Å²) < 4.78 is 0. The second-order valence-electron chi connectivity index (χ2n) is 9.33. The van der Waals surface area contributed by atoms with E-state index in [-0.39, 0.29) is 0 Å². The van der Waals surface area contributed by atoms with Crippen molar-refractivity contribution in [2.24, 2.45) is 16.2 Å². The van der Waals surface area contributed by atoms with Gasteiger partial charge in [0.1, 0.15) is 0 Å². The fourth-order valence-corrected chi connectivity index (χ4v) is 4.19. The summed E-state index contributed by atoms with van der Waals surface area (Å²) >= 11 is 0. The lowest BCUT2D eigenvalue weighted by molar-refractivity contribution is 0.120. The zero-order chi connectivity index (χ0) is 13.5. The van der Waals surface area contributed by atoms with Crippen molar-refractivity contribution in [1.29, 1.82) is 0 Å². The first-order valence-electron chi connectivity index (χ1n) is 7.08. The molecule has 0 aromatic rings. The maximum Gasteiger partial charge on any atom is 0.0283 e. The van der Waals surface area contributed by atoms with E-state index in [1.165, 1.54) is 25.8 Å². The van der Waals surface area contributed by atoms with Crippen LogP contribution in [0.5, 0.6) is 0 Å². The van der Waals surface area contributed by atoms with Gasteiger partial charge in [0.2, 0.25) is 0 Å². The molecule has 1 saturated heterocycles. The molecule has 1 nitrogen and oxygen atoms in total. The fourth-order valence-electron chi connectivity index (χ4n) is 4.19. The number of nitrogens with one attached hydrogen (secondary N) is 1. The van der Waals surface area contributed by atoms with Crippen LogP contribution in [0.4, 0.5) is 0 Å². The average Bonchev–Trinajstić information content (AvgIpc) is 2.55. The normalized spacial score (nSPS) is 26.1. The van der Waals surface area contributed by atoms with Crippen LogP contribution in [0.3, 0.4) is 0 Å². The van der Waals surface area contributed by atoms with Gasteiger partial charge in [-0.05, 0) is 42.4 Å². The van der Waals surface area contributed by atoms with Crippen molar-refractivity contribution in [2.45, 2.75) is 80.2 Å². The van der Waals surface area contributed by atoms with Crippen LogP contribution in [0, 0.1) is 16.2 Å². The molecule has 1 fully saturated rings. The van der Waals surface area contributed by atoms with Crippen molar-refractivity contribution >= 4 is 0 Å². The molecule has 0 aliphatic carbocycles. The molecule has 0 bridgehead atoms. The Hall–Kier alpha value is -0.0400. The highest BCUT2D eigenvalue weighted by Crippen LogP contribution is 2.45. The smallest absolute Gasteiger partial charge is 0.0283 e. The maximum absolute atomic E-state index is 3.50. The Kier molecular flexibility index (Phi) is 3.76. The van der Waals surface area contributed by atoms with E-state index < -0.39 is 0 Å². The molecule has 1 unspecified atom stereocenters. The summed E-state index contributed by atoms with van der Waals surface area (Å²) in [5, 5.41) is 3.50. The summed E-state index contributed by atoms with van der Waals surface area (Å²) in [6.45, 7) is 20.3. The molecule has 1 rings (SSSR count). The topological polar surface area (TPSA) is 21.9 Å². The van der Waals surface area contributed by atoms with E-state index in [1.54, 1.807) is 0 Å². The van der Waals surface area contributed by atoms with Gasteiger partial charge in [-0.15, -0.1) is 0 Å². The van der Waals surface area contributed by atoms with Gasteiger partial charge in [0.05, 0.1) is 0 Å². The van der Waals surface area contributed by atoms with E-state index in [4.69, 9.17) is 0 Å². The Balaban J connectivity index is 2.55. The van der Waals surface area contributed by atoms with Gasteiger partial charge >= 0.3 is 0 Å². The lowest BCUT2D eigenvalue weighted by Gasteiger charge is -2.39. The second-order valence-corrected chi connectivity index (χ2v) is 9.33. The third-order valence-electron chi connectivity index (χ3n) is 3.62. The molecule has 0 radical (unpaired) electrons. The van der Waals surface area contributed by atoms with Crippen LogP contribution in [0.1, 0.15) is 74.7 Å². The molecular weight excluding hydrogens is 206 g/mol. The van der Waals surface area contributed by atoms with Crippen LogP contribution in [0.2, 0.25) is 0 Å². The summed E-state index contributed by atoms with van der Waals surface area (Å²) in [6.07, 6.45) is 3.91. The van der Waals surface area contributed by atoms with E-state index in [2.05, 4.69) is 60.7 Å². The second kappa shape index (κ2) is 4.26. The van der Waals surface area contributed by atoms with E-state index in [1.807, 2.05) is 0 Å². The predicted octanol–water partition coefficient (Wildman–Crippen LogP) is 4.62. The minimum absolute atomic E-state index is 0.432. The molecule has 1 heteroatoms. The molecule has 0 aromatic heterocycles. The van der Waals surface area contributed by atoms with E-state index in [9.17, 15) is 0 Å². The largest absolute Gasteiger partial charge is 0.308 e. The Bertz CT molecular complexity index is 246. The molecule has 0 saturated carbocycles. The highest BCUT2D eigenvalue weighted by molar-refractivity contribution is 5.03. The third kappa shape index (κ3) is 5.90. The summed E-state index contributed by atoms with van der Waals surface area (Å²) in [5.74, 6) is 0. The van der Waals surface area contributed by atoms with Crippen LogP contribution in [-0.4, -0.2) is 12.1 Å². The minimum atomic E-state index is 0.432. The van der Waals surface area contributed by atoms with E-state index in [0.29, 0.717) is 21.8 Å². The molecule has 102 valence electrons. The highest BCUT2D eigenvalue weighted by Gasteiger charge is 2.43. The van der Waals surface area contributed by atoms with Gasteiger partial charge in [-0.1, -0.05) is 48.5 Å². The Morgan fingerprint density at radius 2 is 1.35 bits per heavy atom. The molecule has 1 aliphatic heterocycles. The molecule has 1 atom stereocenters. The van der Waals surface area contributed by atoms with Crippen LogP contribution >= 0.6 is 0 Å². The monoisotopic (exact) mass is 239 g/mol. The summed E-state index contributed by atoms with van der Waals surface area (Å²) in [7, 11) is 0. The Morgan fingerprint density at radius 3 is 1.71 bits per heavy atom. The molecule has 0 aromatic carbocycles. The maximum atomic E-state index is 3.50. The van der Waals surface area contributed by atoms with Crippen molar-refractivity contribution < 1.29 is 0 Å². The van der Waals surface area contributed by atoms with Gasteiger partial charge < -0.3 is 5.32 Å². The highest BCUT2D eigenvalue weighted by atomic mass is 15.1. The minimum Gasteiger partial charge on any atom is -0.308 e. The fraction of sp³-hybridized carbons (Fsp3) is 1.00. The van der Waals surface area contributed by atoms with Gasteiger partial charge in [-0.3, -0.25) is 0 Å². The lowest BCUT2D eigenvalue weighted by atomic mass is 9.66. The van der Waals surface area contributed by atoms with Gasteiger partial charge in [-0.2, -0.15) is 0 Å². The predicted molar refractivity (Wildman–Crippen MR) is 77.3 cm³/mol. The summed E-state index contributed by atoms with van der Waals surface area (Å²) in [5.41, 5.74) is 1.74. The van der Waals surface area contributed by atoms with Gasteiger partial charge in [0, 0.05) is 12.1 Å². The lowest BCUT2D eigenvalue weighted by Crippen LogP contribution is -2.31. The summed E-state index contributed by atoms with van der Waals surface area (Å²) in [6, 6.07) is 0. The van der Waals surface area contributed by atoms with Gasteiger partial charge in [0.15, 0.2) is 0 Å². The first-order valence-corrected chi connectivity index (χ1v) is 7.08. The van der Waals surface area contributed by atoms with Crippen molar-refractivity contribution in [3.63, 3.8) is 0 Å². The van der Waals surface area contributed by atoms with Crippen molar-refractivity contribution in [3.05, 3.63) is 0 Å². The van der Waals surface area contributed by atoms with Crippen molar-refractivity contribution in [2.75, 3.05) is 6.54 Å². The quantitative estimate of drug-likeness (QED) is 0.695. The number of rotatable bonds is 5. The van der Waals surface area contributed by atoms with Crippen LogP contribution in [0.15, 0.2) is 0 Å². The van der Waals surface area contributed by atoms with Gasteiger partial charge in [-0.25, -0.2) is 0 Å². The molecule has 0 spiro atoms. The zero-order valence-corrected chi connectivity index (χ0v) is 13.3. The van der Waals surface area contributed by atoms with Crippen LogP contribution < -0.4 is 5.32 Å². The molecule has 17 heavy (non-hydrogen) atoms. The first-order chi connectivity index (χ1) is 7.33. The molecular formula is C16H33N. The molecule has 1 aliphatic rings. The summed E-state index contributed by atoms with van der Waals surface area (Å²) in [4.78, 5) is 0. The third-order valence-corrected chi connectivity index (χ3v) is 3.62. The van der Waals surface area contributed by atoms with E-state index >= 15 is 0 Å². The molecule has 0 amide bonds. The number of hydrogen-bond donors (Lipinski definition) is 1. The number of hydrogen-bond acceptors (Lipinski definition) is 1. The first kappa shape index (κ1) is 15.0. The SMILES string of the molecule is CC(C)(C)CC(C)(C)CC(C)(C)CC1(C)CN1. The Morgan fingerprint density at radius 1 is 0.882 bits per heavy atom. The average molecular weight is 239 g/mol. The Labute approximate surface area is 109 Å². The molecule has 1 heterocycles. The van der Waals surface area contributed by atoms with Crippen molar-refractivity contribution in [3.8, 4) is 0 Å².